The summed E-state index contributed by atoms with van der Waals surface area (Å²) in [6.07, 6.45) is 7.33. The number of nitrogens with one attached hydrogen (secondary N) is 1. The Labute approximate surface area is 110 Å². The fourth-order valence-corrected chi connectivity index (χ4v) is 2.73. The van der Waals surface area contributed by atoms with Crippen molar-refractivity contribution in [2.24, 2.45) is 5.92 Å². The fraction of sp³-hybridized carbons (Fsp3) is 0.733. The Kier molecular flexibility index (Phi) is 4.56. The number of anilines is 1. The van der Waals surface area contributed by atoms with E-state index in [1.165, 1.54) is 31.4 Å². The quantitative estimate of drug-likeness (QED) is 0.880. The molecular formula is C15H25N3. The Bertz CT molecular complexity index is 381. The summed E-state index contributed by atoms with van der Waals surface area (Å²) in [4.78, 5) is 9.43. The minimum atomic E-state index is 0.574. The van der Waals surface area contributed by atoms with Crippen LogP contribution < -0.4 is 5.32 Å². The molecule has 100 valence electrons. The van der Waals surface area contributed by atoms with E-state index >= 15 is 0 Å². The first-order valence-corrected chi connectivity index (χ1v) is 7.28. The van der Waals surface area contributed by atoms with E-state index in [1.807, 2.05) is 7.05 Å². The molecule has 1 saturated carbocycles. The van der Waals surface area contributed by atoms with Crippen LogP contribution in [0.3, 0.4) is 0 Å². The molecule has 0 unspecified atom stereocenters. The van der Waals surface area contributed by atoms with E-state index in [1.54, 1.807) is 0 Å². The molecule has 1 N–H and O–H groups in total. The minimum Gasteiger partial charge on any atom is -0.373 e. The van der Waals surface area contributed by atoms with Crippen molar-refractivity contribution in [2.75, 3.05) is 12.4 Å². The van der Waals surface area contributed by atoms with Crippen LogP contribution in [-0.2, 0) is 6.42 Å². The molecule has 0 aromatic carbocycles. The number of nitrogens with zero attached hydrogens (tertiary/aromatic N) is 2. The maximum atomic E-state index is 4.77. The van der Waals surface area contributed by atoms with Crippen molar-refractivity contribution in [3.8, 4) is 0 Å². The van der Waals surface area contributed by atoms with Crippen LogP contribution in [0.25, 0.3) is 0 Å². The third kappa shape index (κ3) is 3.21. The normalized spacial score (nSPS) is 23.9. The van der Waals surface area contributed by atoms with Gasteiger partial charge in [0, 0.05) is 24.7 Å². The smallest absolute Gasteiger partial charge is 0.134 e. The average molecular weight is 247 g/mol. The molecule has 18 heavy (non-hydrogen) atoms. The van der Waals surface area contributed by atoms with E-state index in [9.17, 15) is 0 Å². The highest BCUT2D eigenvalue weighted by molar-refractivity contribution is 5.35. The van der Waals surface area contributed by atoms with Gasteiger partial charge in [-0.15, -0.1) is 0 Å². The summed E-state index contributed by atoms with van der Waals surface area (Å²) in [6, 6.07) is 2.08. The van der Waals surface area contributed by atoms with Crippen molar-refractivity contribution >= 4 is 5.82 Å². The summed E-state index contributed by atoms with van der Waals surface area (Å²) in [6.45, 7) is 4.55. The summed E-state index contributed by atoms with van der Waals surface area (Å²) >= 11 is 0. The molecule has 0 atom stereocenters. The number of rotatable bonds is 4. The molecule has 0 saturated heterocycles. The lowest BCUT2D eigenvalue weighted by molar-refractivity contribution is 0.339. The second kappa shape index (κ2) is 6.17. The highest BCUT2D eigenvalue weighted by atomic mass is 15.0. The first-order valence-electron chi connectivity index (χ1n) is 7.28. The van der Waals surface area contributed by atoms with Crippen LogP contribution in [0.5, 0.6) is 0 Å². The van der Waals surface area contributed by atoms with Gasteiger partial charge in [0.25, 0.3) is 0 Å². The maximum Gasteiger partial charge on any atom is 0.134 e. The van der Waals surface area contributed by atoms with Gasteiger partial charge >= 0.3 is 0 Å². The predicted octanol–water partition coefficient (Wildman–Crippen LogP) is 3.76. The molecule has 0 aliphatic heterocycles. The third-order valence-electron chi connectivity index (χ3n) is 3.94. The van der Waals surface area contributed by atoms with E-state index < -0.39 is 0 Å². The van der Waals surface area contributed by atoms with Gasteiger partial charge in [-0.3, -0.25) is 0 Å². The van der Waals surface area contributed by atoms with Gasteiger partial charge in [0.2, 0.25) is 0 Å². The fourth-order valence-electron chi connectivity index (χ4n) is 2.73. The number of hydrogen-bond acceptors (Lipinski definition) is 3. The van der Waals surface area contributed by atoms with Crippen LogP contribution >= 0.6 is 0 Å². The summed E-state index contributed by atoms with van der Waals surface area (Å²) in [5.41, 5.74) is 1.19. The Balaban J connectivity index is 2.17. The van der Waals surface area contributed by atoms with Crippen molar-refractivity contribution in [1.82, 2.24) is 9.97 Å². The molecule has 1 aliphatic carbocycles. The monoisotopic (exact) mass is 247 g/mol. The van der Waals surface area contributed by atoms with E-state index in [4.69, 9.17) is 4.98 Å². The average Bonchev–Trinajstić information content (AvgIpc) is 2.39. The molecule has 3 heteroatoms. The molecular weight excluding hydrogens is 222 g/mol. The van der Waals surface area contributed by atoms with Gasteiger partial charge in [-0.25, -0.2) is 9.97 Å². The lowest BCUT2D eigenvalue weighted by Gasteiger charge is -2.25. The highest BCUT2D eigenvalue weighted by Gasteiger charge is 2.22. The van der Waals surface area contributed by atoms with Crippen molar-refractivity contribution < 1.29 is 0 Å². The molecule has 1 aromatic heterocycles. The van der Waals surface area contributed by atoms with Gasteiger partial charge in [0.05, 0.1) is 0 Å². The molecule has 0 radical (unpaired) electrons. The first-order chi connectivity index (χ1) is 8.72. The highest BCUT2D eigenvalue weighted by Crippen LogP contribution is 2.34. The van der Waals surface area contributed by atoms with Crippen molar-refractivity contribution in [1.29, 1.82) is 0 Å². The topological polar surface area (TPSA) is 37.8 Å². The van der Waals surface area contributed by atoms with Crippen LogP contribution in [0.15, 0.2) is 6.07 Å². The zero-order chi connectivity index (χ0) is 13.0. The van der Waals surface area contributed by atoms with E-state index in [-0.39, 0.29) is 0 Å². The largest absolute Gasteiger partial charge is 0.373 e. The summed E-state index contributed by atoms with van der Waals surface area (Å²) in [5.74, 6) is 3.49. The predicted molar refractivity (Wildman–Crippen MR) is 75.9 cm³/mol. The zero-order valence-electron chi connectivity index (χ0n) is 11.9. The lowest BCUT2D eigenvalue weighted by atomic mass is 9.82. The van der Waals surface area contributed by atoms with E-state index in [0.29, 0.717) is 5.92 Å². The van der Waals surface area contributed by atoms with Gasteiger partial charge in [0.15, 0.2) is 0 Å². The van der Waals surface area contributed by atoms with E-state index in [0.717, 1.165) is 30.4 Å². The molecule has 3 nitrogen and oxygen atoms in total. The molecule has 0 amide bonds. The second-order valence-corrected chi connectivity index (χ2v) is 5.56. The summed E-state index contributed by atoms with van der Waals surface area (Å²) < 4.78 is 0. The number of hydrogen-bond donors (Lipinski definition) is 1. The zero-order valence-corrected chi connectivity index (χ0v) is 11.9. The third-order valence-corrected chi connectivity index (χ3v) is 3.94. The molecule has 1 heterocycles. The van der Waals surface area contributed by atoms with Crippen molar-refractivity contribution in [3.63, 3.8) is 0 Å². The molecule has 0 spiro atoms. The van der Waals surface area contributed by atoms with Gasteiger partial charge in [-0.2, -0.15) is 0 Å². The van der Waals surface area contributed by atoms with Gasteiger partial charge in [-0.05, 0) is 25.2 Å². The minimum absolute atomic E-state index is 0.574. The molecule has 1 aliphatic rings. The van der Waals surface area contributed by atoms with Crippen LogP contribution in [0.2, 0.25) is 0 Å². The summed E-state index contributed by atoms with van der Waals surface area (Å²) in [5, 5.41) is 3.16. The number of aryl methyl sites for hydroxylation is 1. The standard InChI is InChI=1S/C15H25N3/c1-4-5-13-10-14(16-3)18-15(17-13)12-8-6-11(2)7-9-12/h10-12H,4-9H2,1-3H3,(H,16,17,18). The SMILES string of the molecule is CCCc1cc(NC)nc(C2CCC(C)CC2)n1. The van der Waals surface area contributed by atoms with Crippen LogP contribution in [0.4, 0.5) is 5.82 Å². The molecule has 1 fully saturated rings. The Hall–Kier alpha value is -1.12. The lowest BCUT2D eigenvalue weighted by Crippen LogP contribution is -2.15. The van der Waals surface area contributed by atoms with Crippen LogP contribution in [0.1, 0.15) is 63.4 Å². The van der Waals surface area contributed by atoms with E-state index in [2.05, 4.69) is 30.2 Å². The number of aromatic nitrogens is 2. The molecule has 2 rings (SSSR count). The second-order valence-electron chi connectivity index (χ2n) is 5.56. The van der Waals surface area contributed by atoms with Crippen LogP contribution in [0, 0.1) is 5.92 Å². The Morgan fingerprint density at radius 2 is 1.94 bits per heavy atom. The maximum absolute atomic E-state index is 4.77. The molecule has 1 aromatic rings. The van der Waals surface area contributed by atoms with Crippen molar-refractivity contribution in [3.05, 3.63) is 17.6 Å². The van der Waals surface area contributed by atoms with Crippen LogP contribution in [-0.4, -0.2) is 17.0 Å². The molecule has 0 bridgehead atoms. The Morgan fingerprint density at radius 1 is 1.22 bits per heavy atom. The van der Waals surface area contributed by atoms with Crippen molar-refractivity contribution in [2.45, 2.75) is 58.3 Å². The summed E-state index contributed by atoms with van der Waals surface area (Å²) in [7, 11) is 1.94. The van der Waals surface area contributed by atoms with Gasteiger partial charge < -0.3 is 5.32 Å². The van der Waals surface area contributed by atoms with Gasteiger partial charge in [0.1, 0.15) is 11.6 Å². The Morgan fingerprint density at radius 3 is 2.56 bits per heavy atom. The first kappa shape index (κ1) is 13.3. The van der Waals surface area contributed by atoms with Gasteiger partial charge in [-0.1, -0.05) is 33.1 Å².